The largest absolute Gasteiger partial charge is 0.492 e. The summed E-state index contributed by atoms with van der Waals surface area (Å²) in [6.45, 7) is 0. The van der Waals surface area contributed by atoms with E-state index in [1.165, 1.54) is 21.3 Å². The molecule has 1 rings (SSSR count). The van der Waals surface area contributed by atoms with E-state index in [0.29, 0.717) is 0 Å². The predicted molar refractivity (Wildman–Crippen MR) is 50.2 cm³/mol. The van der Waals surface area contributed by atoms with Gasteiger partial charge in [0.15, 0.2) is 0 Å². The van der Waals surface area contributed by atoms with Crippen LogP contribution < -0.4 is 0 Å². The molecule has 0 aliphatic carbocycles. The van der Waals surface area contributed by atoms with Gasteiger partial charge >= 0.3 is 0 Å². The van der Waals surface area contributed by atoms with Crippen LogP contribution in [0.5, 0.6) is 0 Å². The fourth-order valence-electron chi connectivity index (χ4n) is 1.26. The minimum Gasteiger partial charge on any atom is -0.492 e. The Morgan fingerprint density at radius 2 is 2.00 bits per heavy atom. The van der Waals surface area contributed by atoms with Crippen molar-refractivity contribution >= 4 is 15.9 Å². The van der Waals surface area contributed by atoms with Crippen molar-refractivity contribution in [2.24, 2.45) is 0 Å². The second-order valence-corrected chi connectivity index (χ2v) is 3.32. The van der Waals surface area contributed by atoms with E-state index in [1.54, 1.807) is 0 Å². The molecule has 78 valence electrons. The molecule has 0 aromatic rings. The van der Waals surface area contributed by atoms with Crippen molar-refractivity contribution < 1.29 is 18.9 Å². The maximum atomic E-state index is 8.76. The van der Waals surface area contributed by atoms with Crippen molar-refractivity contribution in [3.8, 4) is 6.07 Å². The first-order valence-electron chi connectivity index (χ1n) is 3.76. The molecule has 1 atom stereocenters. The number of nitriles is 1. The number of halogens is 1. The second-order valence-electron chi connectivity index (χ2n) is 2.48. The van der Waals surface area contributed by atoms with E-state index in [4.69, 9.17) is 24.2 Å². The lowest BCUT2D eigenvalue weighted by atomic mass is 10.2. The summed E-state index contributed by atoms with van der Waals surface area (Å²) in [5, 5.41) is 8.16. The standard InChI is InChI=1S/C8H10BrNO4/c1-11-6-5(4-10)14-7(9)8(6,12-2)13-3/h7H,1-3H3/t7-/m1/s1. The molecule has 0 N–H and O–H groups in total. The number of rotatable bonds is 3. The number of alkyl halides is 1. The van der Waals surface area contributed by atoms with Gasteiger partial charge in [-0.3, -0.25) is 0 Å². The lowest BCUT2D eigenvalue weighted by molar-refractivity contribution is -0.212. The first-order chi connectivity index (χ1) is 6.66. The van der Waals surface area contributed by atoms with Crippen molar-refractivity contribution in [2.45, 2.75) is 10.8 Å². The van der Waals surface area contributed by atoms with Crippen molar-refractivity contribution in [1.29, 1.82) is 5.26 Å². The summed E-state index contributed by atoms with van der Waals surface area (Å²) in [6.07, 6.45) is 0. The zero-order valence-electron chi connectivity index (χ0n) is 8.04. The summed E-state index contributed by atoms with van der Waals surface area (Å²) in [7, 11) is 4.31. The zero-order valence-corrected chi connectivity index (χ0v) is 9.62. The van der Waals surface area contributed by atoms with Gasteiger partial charge in [0.25, 0.3) is 5.79 Å². The minimum atomic E-state index is -1.19. The number of hydrogen-bond acceptors (Lipinski definition) is 5. The van der Waals surface area contributed by atoms with Gasteiger partial charge < -0.3 is 18.9 Å². The Morgan fingerprint density at radius 3 is 2.36 bits per heavy atom. The monoisotopic (exact) mass is 263 g/mol. The van der Waals surface area contributed by atoms with Gasteiger partial charge in [0.05, 0.1) is 7.11 Å². The summed E-state index contributed by atoms with van der Waals surface area (Å²) >= 11 is 3.20. The normalized spacial score (nSPS) is 24.4. The van der Waals surface area contributed by atoms with E-state index in [-0.39, 0.29) is 11.5 Å². The fraction of sp³-hybridized carbons (Fsp3) is 0.625. The van der Waals surface area contributed by atoms with E-state index in [0.717, 1.165) is 0 Å². The first kappa shape index (κ1) is 11.3. The van der Waals surface area contributed by atoms with Crippen molar-refractivity contribution in [1.82, 2.24) is 0 Å². The summed E-state index contributed by atoms with van der Waals surface area (Å²) in [6, 6.07) is 1.86. The lowest BCUT2D eigenvalue weighted by Gasteiger charge is -2.28. The van der Waals surface area contributed by atoms with E-state index in [9.17, 15) is 0 Å². The molecule has 1 aliphatic rings. The molecule has 0 aromatic heterocycles. The number of nitrogens with zero attached hydrogens (tertiary/aromatic N) is 1. The highest BCUT2D eigenvalue weighted by molar-refractivity contribution is 9.09. The number of hydrogen-bond donors (Lipinski definition) is 0. The molecular formula is C8H10BrNO4. The molecule has 0 aromatic carbocycles. The van der Waals surface area contributed by atoms with Crippen molar-refractivity contribution in [3.05, 3.63) is 11.5 Å². The summed E-state index contributed by atoms with van der Waals surface area (Å²) in [5.74, 6) is -0.912. The molecule has 0 amide bonds. The van der Waals surface area contributed by atoms with E-state index in [2.05, 4.69) is 15.9 Å². The number of allylic oxidation sites excluding steroid dienone is 1. The van der Waals surface area contributed by atoms with Crippen LogP contribution in [0.2, 0.25) is 0 Å². The first-order valence-corrected chi connectivity index (χ1v) is 4.67. The molecule has 6 heteroatoms. The molecule has 0 fully saturated rings. The summed E-state index contributed by atoms with van der Waals surface area (Å²) < 4.78 is 20.5. The zero-order chi connectivity index (χ0) is 10.8. The van der Waals surface area contributed by atoms with Crippen LogP contribution in [0.1, 0.15) is 0 Å². The van der Waals surface area contributed by atoms with Gasteiger partial charge in [-0.05, 0) is 15.9 Å². The predicted octanol–water partition coefficient (Wildman–Crippen LogP) is 1.11. The lowest BCUT2D eigenvalue weighted by Crippen LogP contribution is -2.42. The van der Waals surface area contributed by atoms with Crippen LogP contribution in [-0.4, -0.2) is 32.1 Å². The molecular weight excluding hydrogens is 254 g/mol. The van der Waals surface area contributed by atoms with Crippen LogP contribution in [-0.2, 0) is 18.9 Å². The van der Waals surface area contributed by atoms with Gasteiger partial charge in [-0.15, -0.1) is 0 Å². The van der Waals surface area contributed by atoms with Gasteiger partial charge in [0.1, 0.15) is 6.07 Å². The van der Waals surface area contributed by atoms with Crippen molar-refractivity contribution in [2.75, 3.05) is 21.3 Å². The third kappa shape index (κ3) is 1.38. The Morgan fingerprint density at radius 1 is 1.43 bits per heavy atom. The Bertz CT molecular complexity index is 292. The Hall–Kier alpha value is -0.770. The summed E-state index contributed by atoms with van der Waals surface area (Å²) in [5.41, 5.74) is 0. The maximum absolute atomic E-state index is 8.76. The highest BCUT2D eigenvalue weighted by atomic mass is 79.9. The van der Waals surface area contributed by atoms with Gasteiger partial charge in [-0.1, -0.05) is 0 Å². The molecule has 1 heterocycles. The van der Waals surface area contributed by atoms with Crippen LogP contribution in [0.3, 0.4) is 0 Å². The van der Waals surface area contributed by atoms with Gasteiger partial charge in [0, 0.05) is 14.2 Å². The SMILES string of the molecule is COC1=C(C#N)O[C@@H](Br)C1(OC)OC. The molecule has 1 aliphatic heterocycles. The second kappa shape index (κ2) is 4.17. The number of methoxy groups -OCH3 is 3. The van der Waals surface area contributed by atoms with Crippen LogP contribution in [0.25, 0.3) is 0 Å². The smallest absolute Gasteiger partial charge is 0.280 e. The molecule has 14 heavy (non-hydrogen) atoms. The van der Waals surface area contributed by atoms with Crippen LogP contribution >= 0.6 is 15.9 Å². The highest BCUT2D eigenvalue weighted by Crippen LogP contribution is 2.41. The average molecular weight is 264 g/mol. The molecule has 5 nitrogen and oxygen atoms in total. The van der Waals surface area contributed by atoms with E-state index < -0.39 is 10.8 Å². The molecule has 0 spiro atoms. The van der Waals surface area contributed by atoms with Gasteiger partial charge in [0.2, 0.25) is 16.5 Å². The molecule has 0 unspecified atom stereocenters. The number of ether oxygens (including phenoxy) is 4. The van der Waals surface area contributed by atoms with Crippen molar-refractivity contribution in [3.63, 3.8) is 0 Å². The van der Waals surface area contributed by atoms with Crippen LogP contribution in [0.4, 0.5) is 0 Å². The molecule has 0 saturated carbocycles. The molecule has 0 radical (unpaired) electrons. The summed E-state index contributed by atoms with van der Waals surface area (Å²) in [4.78, 5) is 0. The Labute approximate surface area is 90.3 Å². The Balaban J connectivity index is 3.17. The van der Waals surface area contributed by atoms with Crippen LogP contribution in [0.15, 0.2) is 11.5 Å². The van der Waals surface area contributed by atoms with E-state index >= 15 is 0 Å². The van der Waals surface area contributed by atoms with Gasteiger partial charge in [-0.2, -0.15) is 5.26 Å². The molecule has 0 bridgehead atoms. The topological polar surface area (TPSA) is 60.7 Å². The Kier molecular flexibility index (Phi) is 3.37. The quantitative estimate of drug-likeness (QED) is 0.564. The van der Waals surface area contributed by atoms with Crippen LogP contribution in [0, 0.1) is 11.3 Å². The van der Waals surface area contributed by atoms with E-state index in [1.807, 2.05) is 6.07 Å². The van der Waals surface area contributed by atoms with Gasteiger partial charge in [-0.25, -0.2) is 0 Å². The molecule has 0 saturated heterocycles. The third-order valence-electron chi connectivity index (χ3n) is 1.95. The average Bonchev–Trinajstić information content (AvgIpc) is 2.50. The minimum absolute atomic E-state index is 0.0538. The highest BCUT2D eigenvalue weighted by Gasteiger charge is 2.53. The maximum Gasteiger partial charge on any atom is 0.280 e. The third-order valence-corrected chi connectivity index (χ3v) is 2.74. The fourth-order valence-corrected chi connectivity index (χ4v) is 2.03.